The van der Waals surface area contributed by atoms with Gasteiger partial charge in [-0.3, -0.25) is 4.57 Å². The van der Waals surface area contributed by atoms with E-state index in [0.29, 0.717) is 5.95 Å². The van der Waals surface area contributed by atoms with Crippen LogP contribution in [0.4, 0.5) is 0 Å². The number of fused-ring (bicyclic) bond motifs is 17. The molecule has 3 nitrogen and oxygen atoms in total. The number of rotatable bonds is 2. The lowest BCUT2D eigenvalue weighted by Gasteiger charge is -2.14. The summed E-state index contributed by atoms with van der Waals surface area (Å²) >= 11 is 1.84. The van der Waals surface area contributed by atoms with Crippen molar-refractivity contribution in [1.29, 1.82) is 0 Å². The summed E-state index contributed by atoms with van der Waals surface area (Å²) in [7, 11) is 0. The standard InChI is InChI=1S/C52H29N3S/c1-2-13-32-29-45-43(27-31(32)12-1)49-44(25-24-40-37-17-6-5-15-35(37)36-16-7-8-19-39(36)48(40)49)55(45)52-53-50(41-23-21-30-11-3-4-14-34(30)51(41)54-52)33-22-26-47-42(28-33)38-18-9-10-20-46(38)56-47/h1-29H. The molecule has 0 aliphatic rings. The van der Waals surface area contributed by atoms with Crippen molar-refractivity contribution < 1.29 is 0 Å². The highest BCUT2D eigenvalue weighted by Crippen LogP contribution is 2.45. The Hall–Kier alpha value is -7.14. The van der Waals surface area contributed by atoms with Crippen LogP contribution in [0, 0.1) is 0 Å². The first-order valence-corrected chi connectivity index (χ1v) is 19.9. The average Bonchev–Trinajstić information content (AvgIpc) is 3.80. The van der Waals surface area contributed by atoms with E-state index in [1.807, 2.05) is 11.3 Å². The Morgan fingerprint density at radius 2 is 0.964 bits per heavy atom. The van der Waals surface area contributed by atoms with Crippen LogP contribution in [0.25, 0.3) is 124 Å². The van der Waals surface area contributed by atoms with Gasteiger partial charge in [-0.15, -0.1) is 11.3 Å². The Balaban J connectivity index is 1.22. The summed E-state index contributed by atoms with van der Waals surface area (Å²) in [5.41, 5.74) is 5.15. The molecule has 0 saturated heterocycles. The van der Waals surface area contributed by atoms with Crippen molar-refractivity contribution in [3.05, 3.63) is 176 Å². The fourth-order valence-corrected chi connectivity index (χ4v) is 10.5. The van der Waals surface area contributed by atoms with Crippen LogP contribution < -0.4 is 0 Å². The summed E-state index contributed by atoms with van der Waals surface area (Å²) in [5, 5.41) is 18.2. The lowest BCUT2D eigenvalue weighted by atomic mass is 9.91. The molecule has 3 heterocycles. The van der Waals surface area contributed by atoms with Crippen molar-refractivity contribution in [2.75, 3.05) is 0 Å². The lowest BCUT2D eigenvalue weighted by Crippen LogP contribution is -2.04. The van der Waals surface area contributed by atoms with Gasteiger partial charge in [-0.05, 0) is 85.6 Å². The third-order valence-corrected chi connectivity index (χ3v) is 13.1. The molecular weight excluding hydrogens is 699 g/mol. The van der Waals surface area contributed by atoms with Crippen molar-refractivity contribution in [3.8, 4) is 17.2 Å². The monoisotopic (exact) mass is 727 g/mol. The molecule has 0 bridgehead atoms. The van der Waals surface area contributed by atoms with Gasteiger partial charge < -0.3 is 0 Å². The number of thiophene rings is 1. The first-order valence-electron chi connectivity index (χ1n) is 19.1. The number of nitrogens with zero attached hydrogens (tertiary/aromatic N) is 3. The van der Waals surface area contributed by atoms with Gasteiger partial charge in [0.2, 0.25) is 5.95 Å². The molecule has 13 aromatic rings. The van der Waals surface area contributed by atoms with E-state index >= 15 is 0 Å². The highest BCUT2D eigenvalue weighted by molar-refractivity contribution is 7.25. The van der Waals surface area contributed by atoms with E-state index in [-0.39, 0.29) is 0 Å². The topological polar surface area (TPSA) is 30.7 Å². The van der Waals surface area contributed by atoms with Crippen molar-refractivity contribution in [3.63, 3.8) is 0 Å². The second kappa shape index (κ2) is 11.2. The molecule has 0 amide bonds. The van der Waals surface area contributed by atoms with Crippen LogP contribution in [-0.4, -0.2) is 14.5 Å². The van der Waals surface area contributed by atoms with Gasteiger partial charge in [0.05, 0.1) is 22.2 Å². The maximum Gasteiger partial charge on any atom is 0.235 e. The molecule has 0 fully saturated rings. The maximum atomic E-state index is 5.62. The summed E-state index contributed by atoms with van der Waals surface area (Å²) in [5.74, 6) is 0.666. The second-order valence-electron chi connectivity index (χ2n) is 14.9. The SMILES string of the molecule is c1ccc2cc3c(cc2c1)c1c2c4ccccc4c4ccccc4c2ccc1n3-c1nc(-c2ccc3sc4ccccc4c3c2)c2ccc3ccccc3c2n1. The summed E-state index contributed by atoms with van der Waals surface area (Å²) in [6.45, 7) is 0. The molecule has 0 spiro atoms. The van der Waals surface area contributed by atoms with Crippen LogP contribution in [0.3, 0.4) is 0 Å². The van der Waals surface area contributed by atoms with Gasteiger partial charge in [0.25, 0.3) is 0 Å². The predicted molar refractivity (Wildman–Crippen MR) is 240 cm³/mol. The number of benzene rings is 10. The van der Waals surface area contributed by atoms with Crippen LogP contribution in [0.1, 0.15) is 0 Å². The fraction of sp³-hybridized carbons (Fsp3) is 0. The van der Waals surface area contributed by atoms with Gasteiger partial charge in [0, 0.05) is 52.7 Å². The highest BCUT2D eigenvalue weighted by atomic mass is 32.1. The maximum absolute atomic E-state index is 5.62. The van der Waals surface area contributed by atoms with E-state index in [2.05, 4.69) is 180 Å². The molecular formula is C52H29N3S. The van der Waals surface area contributed by atoms with Crippen LogP contribution in [0.5, 0.6) is 0 Å². The highest BCUT2D eigenvalue weighted by Gasteiger charge is 2.22. The zero-order valence-corrected chi connectivity index (χ0v) is 30.8. The summed E-state index contributed by atoms with van der Waals surface area (Å²) in [4.78, 5) is 11.2. The molecule has 0 saturated carbocycles. The van der Waals surface area contributed by atoms with Crippen molar-refractivity contribution in [2.45, 2.75) is 0 Å². The van der Waals surface area contributed by atoms with E-state index in [4.69, 9.17) is 9.97 Å². The molecule has 4 heteroatoms. The fourth-order valence-electron chi connectivity index (χ4n) is 9.45. The summed E-state index contributed by atoms with van der Waals surface area (Å²) in [6, 6.07) is 64.2. The Kier molecular flexibility index (Phi) is 6.04. The van der Waals surface area contributed by atoms with Crippen LogP contribution in [0.15, 0.2) is 176 Å². The van der Waals surface area contributed by atoms with Gasteiger partial charge in [-0.1, -0.05) is 133 Å². The van der Waals surface area contributed by atoms with Crippen molar-refractivity contribution >= 4 is 118 Å². The van der Waals surface area contributed by atoms with E-state index in [0.717, 1.165) is 44.0 Å². The Labute approximate surface area is 324 Å². The van der Waals surface area contributed by atoms with Gasteiger partial charge >= 0.3 is 0 Å². The van der Waals surface area contributed by atoms with Gasteiger partial charge in [0.15, 0.2) is 0 Å². The normalized spacial score (nSPS) is 12.3. The van der Waals surface area contributed by atoms with Gasteiger partial charge in [-0.2, -0.15) is 0 Å². The molecule has 3 aromatic heterocycles. The quantitative estimate of drug-likeness (QED) is 0.166. The van der Waals surface area contributed by atoms with E-state index in [1.165, 1.54) is 74.0 Å². The molecule has 56 heavy (non-hydrogen) atoms. The second-order valence-corrected chi connectivity index (χ2v) is 16.0. The molecule has 0 aliphatic carbocycles. The number of hydrogen-bond donors (Lipinski definition) is 0. The molecule has 13 rings (SSSR count). The number of aromatic nitrogens is 3. The Morgan fingerprint density at radius 3 is 1.77 bits per heavy atom. The Morgan fingerprint density at radius 1 is 0.357 bits per heavy atom. The van der Waals surface area contributed by atoms with E-state index < -0.39 is 0 Å². The van der Waals surface area contributed by atoms with E-state index in [1.54, 1.807) is 0 Å². The molecule has 258 valence electrons. The van der Waals surface area contributed by atoms with Crippen molar-refractivity contribution in [1.82, 2.24) is 14.5 Å². The minimum absolute atomic E-state index is 0.666. The molecule has 0 radical (unpaired) electrons. The van der Waals surface area contributed by atoms with E-state index in [9.17, 15) is 0 Å². The first-order chi connectivity index (χ1) is 27.8. The van der Waals surface area contributed by atoms with Crippen LogP contribution in [0.2, 0.25) is 0 Å². The lowest BCUT2D eigenvalue weighted by molar-refractivity contribution is 1.02. The predicted octanol–water partition coefficient (Wildman–Crippen LogP) is 14.5. The van der Waals surface area contributed by atoms with Crippen molar-refractivity contribution in [2.24, 2.45) is 0 Å². The molecule has 0 unspecified atom stereocenters. The van der Waals surface area contributed by atoms with Gasteiger partial charge in [-0.25, -0.2) is 9.97 Å². The largest absolute Gasteiger partial charge is 0.278 e. The van der Waals surface area contributed by atoms with Crippen LogP contribution >= 0.6 is 11.3 Å². The third-order valence-electron chi connectivity index (χ3n) is 11.9. The molecule has 10 aromatic carbocycles. The third kappa shape index (κ3) is 4.11. The van der Waals surface area contributed by atoms with Crippen LogP contribution in [-0.2, 0) is 0 Å². The minimum atomic E-state index is 0.666. The number of hydrogen-bond acceptors (Lipinski definition) is 3. The first kappa shape index (κ1) is 30.2. The molecule has 0 aliphatic heterocycles. The van der Waals surface area contributed by atoms with Gasteiger partial charge in [0.1, 0.15) is 0 Å². The zero-order valence-electron chi connectivity index (χ0n) is 30.0. The zero-order chi connectivity index (χ0) is 36.5. The molecule has 0 N–H and O–H groups in total. The minimum Gasteiger partial charge on any atom is -0.278 e. The molecule has 0 atom stereocenters. The average molecular weight is 728 g/mol. The smallest absolute Gasteiger partial charge is 0.235 e. The Bertz CT molecular complexity index is 3800. The summed E-state index contributed by atoms with van der Waals surface area (Å²) < 4.78 is 4.90. The summed E-state index contributed by atoms with van der Waals surface area (Å²) in [6.07, 6.45) is 0.